The molecule has 1 aromatic heterocycles. The number of ether oxygens (including phenoxy) is 2. The van der Waals surface area contributed by atoms with Gasteiger partial charge in [0.2, 0.25) is 6.79 Å². The maximum absolute atomic E-state index is 5.38. The topological polar surface area (TPSA) is 56.3 Å². The van der Waals surface area contributed by atoms with Gasteiger partial charge in [0, 0.05) is 11.8 Å². The highest BCUT2D eigenvalue weighted by Crippen LogP contribution is 2.35. The van der Waals surface area contributed by atoms with E-state index in [1.165, 1.54) is 0 Å². The zero-order valence-electron chi connectivity index (χ0n) is 10.7. The minimum Gasteiger partial charge on any atom is -0.454 e. The first-order valence-electron chi connectivity index (χ1n) is 6.29. The van der Waals surface area contributed by atoms with Crippen LogP contribution in [0.2, 0.25) is 0 Å². The van der Waals surface area contributed by atoms with E-state index in [0.29, 0.717) is 6.54 Å². The van der Waals surface area contributed by atoms with Gasteiger partial charge in [-0.3, -0.25) is 0 Å². The second kappa shape index (κ2) is 5.24. The molecule has 0 amide bonds. The Morgan fingerprint density at radius 2 is 2.11 bits per heavy atom. The highest BCUT2D eigenvalue weighted by atomic mass is 16.7. The molecule has 0 spiro atoms. The van der Waals surface area contributed by atoms with Gasteiger partial charge in [-0.05, 0) is 30.8 Å². The van der Waals surface area contributed by atoms with E-state index in [-0.39, 0.29) is 6.79 Å². The molecule has 98 valence electrons. The van der Waals surface area contributed by atoms with Crippen molar-refractivity contribution in [1.82, 2.24) is 15.3 Å². The minimum absolute atomic E-state index is 0.286. The van der Waals surface area contributed by atoms with Gasteiger partial charge in [-0.2, -0.15) is 0 Å². The number of rotatable bonds is 4. The summed E-state index contributed by atoms with van der Waals surface area (Å²) >= 11 is 0. The van der Waals surface area contributed by atoms with Crippen molar-refractivity contribution >= 4 is 0 Å². The summed E-state index contributed by atoms with van der Waals surface area (Å²) in [6.07, 6.45) is 1.78. The number of hydrogen-bond acceptors (Lipinski definition) is 5. The molecule has 0 saturated heterocycles. The van der Waals surface area contributed by atoms with Gasteiger partial charge in [-0.1, -0.05) is 6.92 Å². The fourth-order valence-electron chi connectivity index (χ4n) is 1.94. The van der Waals surface area contributed by atoms with Gasteiger partial charge in [0.05, 0.1) is 12.2 Å². The Balaban J connectivity index is 1.89. The molecule has 19 heavy (non-hydrogen) atoms. The summed E-state index contributed by atoms with van der Waals surface area (Å²) in [6.45, 7) is 3.92. The van der Waals surface area contributed by atoms with E-state index in [1.807, 2.05) is 24.3 Å². The lowest BCUT2D eigenvalue weighted by atomic mass is 10.1. The molecule has 0 bridgehead atoms. The summed E-state index contributed by atoms with van der Waals surface area (Å²) in [5, 5.41) is 3.22. The largest absolute Gasteiger partial charge is 0.454 e. The number of nitrogens with one attached hydrogen (secondary N) is 1. The third kappa shape index (κ3) is 2.51. The lowest BCUT2D eigenvalue weighted by Gasteiger charge is -2.05. The lowest BCUT2D eigenvalue weighted by Crippen LogP contribution is -2.14. The van der Waals surface area contributed by atoms with Crippen molar-refractivity contribution in [1.29, 1.82) is 0 Å². The smallest absolute Gasteiger partial charge is 0.231 e. The Bertz CT molecular complexity index is 587. The van der Waals surface area contributed by atoms with Crippen LogP contribution in [0.25, 0.3) is 11.3 Å². The Labute approximate surface area is 111 Å². The van der Waals surface area contributed by atoms with E-state index in [9.17, 15) is 0 Å². The first kappa shape index (κ1) is 11.9. The van der Waals surface area contributed by atoms with Crippen LogP contribution >= 0.6 is 0 Å². The lowest BCUT2D eigenvalue weighted by molar-refractivity contribution is 0.174. The van der Waals surface area contributed by atoms with Crippen molar-refractivity contribution in [2.45, 2.75) is 13.5 Å². The van der Waals surface area contributed by atoms with Gasteiger partial charge in [0.25, 0.3) is 0 Å². The van der Waals surface area contributed by atoms with Gasteiger partial charge in [0.1, 0.15) is 5.82 Å². The molecule has 0 unspecified atom stereocenters. The molecular formula is C14H15N3O2. The standard InChI is InChI=1S/C14H15N3O2/c1-2-15-8-14-16-6-5-11(17-14)10-3-4-12-13(7-10)19-9-18-12/h3-7,15H,2,8-9H2,1H3. The molecule has 2 aromatic rings. The molecule has 1 N–H and O–H groups in total. The van der Waals surface area contributed by atoms with Crippen molar-refractivity contribution < 1.29 is 9.47 Å². The molecule has 3 rings (SSSR count). The van der Waals surface area contributed by atoms with Gasteiger partial charge in [0.15, 0.2) is 11.5 Å². The summed E-state index contributed by atoms with van der Waals surface area (Å²) in [4.78, 5) is 8.78. The monoisotopic (exact) mass is 257 g/mol. The number of aromatic nitrogens is 2. The van der Waals surface area contributed by atoms with Gasteiger partial charge in [-0.25, -0.2) is 9.97 Å². The van der Waals surface area contributed by atoms with E-state index in [2.05, 4.69) is 22.2 Å². The average Bonchev–Trinajstić information content (AvgIpc) is 2.92. The van der Waals surface area contributed by atoms with E-state index in [4.69, 9.17) is 9.47 Å². The van der Waals surface area contributed by atoms with Crippen molar-refractivity contribution in [3.05, 3.63) is 36.3 Å². The highest BCUT2D eigenvalue weighted by molar-refractivity contribution is 5.64. The quantitative estimate of drug-likeness (QED) is 0.907. The molecule has 2 heterocycles. The second-order valence-corrected chi connectivity index (χ2v) is 4.21. The van der Waals surface area contributed by atoms with Crippen molar-refractivity contribution in [2.24, 2.45) is 0 Å². The van der Waals surface area contributed by atoms with E-state index >= 15 is 0 Å². The summed E-state index contributed by atoms with van der Waals surface area (Å²) in [6, 6.07) is 7.73. The van der Waals surface area contributed by atoms with Crippen LogP contribution in [0.4, 0.5) is 0 Å². The third-order valence-electron chi connectivity index (χ3n) is 2.91. The SMILES string of the molecule is CCNCc1nccc(-c2ccc3c(c2)OCO3)n1. The maximum atomic E-state index is 5.38. The average molecular weight is 257 g/mol. The predicted octanol–water partition coefficient (Wildman–Crippen LogP) is 1.98. The zero-order chi connectivity index (χ0) is 13.1. The van der Waals surface area contributed by atoms with E-state index in [1.54, 1.807) is 6.20 Å². The van der Waals surface area contributed by atoms with Crippen molar-refractivity contribution in [2.75, 3.05) is 13.3 Å². The summed E-state index contributed by atoms with van der Waals surface area (Å²) in [5.41, 5.74) is 1.89. The molecule has 0 saturated carbocycles. The molecule has 1 aliphatic rings. The summed E-state index contributed by atoms with van der Waals surface area (Å²) < 4.78 is 10.7. The summed E-state index contributed by atoms with van der Waals surface area (Å²) in [5.74, 6) is 2.34. The molecule has 5 nitrogen and oxygen atoms in total. The molecule has 1 aliphatic heterocycles. The molecule has 0 radical (unpaired) electrons. The third-order valence-corrected chi connectivity index (χ3v) is 2.91. The zero-order valence-corrected chi connectivity index (χ0v) is 10.7. The van der Waals surface area contributed by atoms with Crippen LogP contribution in [-0.4, -0.2) is 23.3 Å². The molecule has 1 aromatic carbocycles. The van der Waals surface area contributed by atoms with Crippen LogP contribution in [0.1, 0.15) is 12.7 Å². The first-order valence-corrected chi connectivity index (χ1v) is 6.29. The number of nitrogens with zero attached hydrogens (tertiary/aromatic N) is 2. The predicted molar refractivity (Wildman–Crippen MR) is 71.0 cm³/mol. The van der Waals surface area contributed by atoms with Gasteiger partial charge < -0.3 is 14.8 Å². The second-order valence-electron chi connectivity index (χ2n) is 4.21. The van der Waals surface area contributed by atoms with Crippen molar-refractivity contribution in [3.63, 3.8) is 0 Å². The summed E-state index contributed by atoms with van der Waals surface area (Å²) in [7, 11) is 0. The van der Waals surface area contributed by atoms with Crippen LogP contribution < -0.4 is 14.8 Å². The van der Waals surface area contributed by atoms with Crippen molar-refractivity contribution in [3.8, 4) is 22.8 Å². The van der Waals surface area contributed by atoms with Crippen LogP contribution in [0.5, 0.6) is 11.5 Å². The molecular weight excluding hydrogens is 242 g/mol. The number of hydrogen-bond donors (Lipinski definition) is 1. The molecule has 0 fully saturated rings. The fourth-order valence-corrected chi connectivity index (χ4v) is 1.94. The first-order chi connectivity index (χ1) is 9.36. The van der Waals surface area contributed by atoms with Crippen LogP contribution in [-0.2, 0) is 6.54 Å². The maximum Gasteiger partial charge on any atom is 0.231 e. The van der Waals surface area contributed by atoms with E-state index < -0.39 is 0 Å². The highest BCUT2D eigenvalue weighted by Gasteiger charge is 2.14. The van der Waals surface area contributed by atoms with Gasteiger partial charge in [-0.15, -0.1) is 0 Å². The molecule has 5 heteroatoms. The van der Waals surface area contributed by atoms with E-state index in [0.717, 1.165) is 35.1 Å². The Hall–Kier alpha value is -2.14. The van der Waals surface area contributed by atoms with Crippen LogP contribution in [0.3, 0.4) is 0 Å². The van der Waals surface area contributed by atoms with Crippen LogP contribution in [0.15, 0.2) is 30.5 Å². The number of benzene rings is 1. The molecule has 0 aliphatic carbocycles. The fraction of sp³-hybridized carbons (Fsp3) is 0.286. The van der Waals surface area contributed by atoms with Gasteiger partial charge >= 0.3 is 0 Å². The van der Waals surface area contributed by atoms with Crippen LogP contribution in [0, 0.1) is 0 Å². The Morgan fingerprint density at radius 3 is 3.00 bits per heavy atom. The minimum atomic E-state index is 0.286. The Morgan fingerprint density at radius 1 is 1.21 bits per heavy atom. The molecule has 0 atom stereocenters. The Kier molecular flexibility index (Phi) is 3.29. The normalized spacial score (nSPS) is 12.7. The number of fused-ring (bicyclic) bond motifs is 1.